The average Bonchev–Trinajstić information content (AvgIpc) is 3.18. The summed E-state index contributed by atoms with van der Waals surface area (Å²) >= 11 is 0. The number of carbonyl (C=O) groups is 4. The van der Waals surface area contributed by atoms with Gasteiger partial charge in [0.25, 0.3) is 11.6 Å². The summed E-state index contributed by atoms with van der Waals surface area (Å²) in [5.74, 6) is -1.43. The van der Waals surface area contributed by atoms with Crippen LogP contribution in [0.1, 0.15) is 33.6 Å². The number of nitro groups is 1. The van der Waals surface area contributed by atoms with Crippen LogP contribution in [0.15, 0.2) is 24.3 Å². The van der Waals surface area contributed by atoms with Crippen molar-refractivity contribution in [3.05, 3.63) is 34.4 Å². The molecule has 13 nitrogen and oxygen atoms in total. The SMILES string of the molecule is CC(C)(C)OC(=O)NC1CCN2CCC(C(=O)NCC(=O)Nc3ccc([N+](=O)[O-])cc3)N2C1=O. The molecule has 2 aliphatic rings. The number of non-ortho nitro benzene ring substituents is 1. The van der Waals surface area contributed by atoms with E-state index in [1.165, 1.54) is 29.3 Å². The van der Waals surface area contributed by atoms with Crippen molar-refractivity contribution in [1.82, 2.24) is 20.7 Å². The molecule has 2 saturated heterocycles. The zero-order valence-corrected chi connectivity index (χ0v) is 19.2. The molecule has 2 fully saturated rings. The van der Waals surface area contributed by atoms with Crippen LogP contribution < -0.4 is 16.0 Å². The summed E-state index contributed by atoms with van der Waals surface area (Å²) in [6.45, 7) is 5.80. The number of benzene rings is 1. The average molecular weight is 476 g/mol. The second-order valence-electron chi connectivity index (χ2n) is 9.00. The van der Waals surface area contributed by atoms with Gasteiger partial charge in [-0.05, 0) is 45.7 Å². The van der Waals surface area contributed by atoms with E-state index in [1.54, 1.807) is 25.8 Å². The molecule has 0 spiro atoms. The lowest BCUT2D eigenvalue weighted by molar-refractivity contribution is -0.384. The van der Waals surface area contributed by atoms with Crippen molar-refractivity contribution in [3.8, 4) is 0 Å². The number of fused-ring (bicyclic) bond motifs is 1. The molecule has 2 heterocycles. The number of anilines is 1. The van der Waals surface area contributed by atoms with Crippen molar-refractivity contribution in [2.45, 2.75) is 51.3 Å². The molecule has 1 aromatic carbocycles. The number of hydrogen-bond donors (Lipinski definition) is 3. The first-order chi connectivity index (χ1) is 15.9. The minimum atomic E-state index is -0.815. The Bertz CT molecular complexity index is 975. The van der Waals surface area contributed by atoms with E-state index in [4.69, 9.17) is 4.74 Å². The third kappa shape index (κ3) is 6.19. The first-order valence-electron chi connectivity index (χ1n) is 10.8. The molecular weight excluding hydrogens is 448 g/mol. The number of amides is 4. The monoisotopic (exact) mass is 476 g/mol. The maximum Gasteiger partial charge on any atom is 0.408 e. The topological polar surface area (TPSA) is 163 Å². The van der Waals surface area contributed by atoms with Gasteiger partial charge < -0.3 is 20.7 Å². The number of ether oxygens (including phenoxy) is 1. The lowest BCUT2D eigenvalue weighted by Crippen LogP contribution is -2.62. The molecule has 13 heteroatoms. The van der Waals surface area contributed by atoms with Crippen LogP contribution in [-0.4, -0.2) is 76.1 Å². The van der Waals surface area contributed by atoms with E-state index in [-0.39, 0.29) is 12.2 Å². The van der Waals surface area contributed by atoms with Gasteiger partial charge in [0.15, 0.2) is 0 Å². The first-order valence-corrected chi connectivity index (χ1v) is 10.8. The third-order valence-electron chi connectivity index (χ3n) is 5.24. The molecule has 0 aliphatic carbocycles. The number of nitro benzene ring substituents is 1. The number of nitrogens with zero attached hydrogens (tertiary/aromatic N) is 3. The van der Waals surface area contributed by atoms with Crippen molar-refractivity contribution < 1.29 is 28.8 Å². The number of carbonyl (C=O) groups excluding carboxylic acids is 4. The highest BCUT2D eigenvalue weighted by Crippen LogP contribution is 2.25. The van der Waals surface area contributed by atoms with Gasteiger partial charge in [-0.3, -0.25) is 29.5 Å². The van der Waals surface area contributed by atoms with Crippen molar-refractivity contribution in [2.24, 2.45) is 0 Å². The zero-order valence-electron chi connectivity index (χ0n) is 19.2. The molecule has 34 heavy (non-hydrogen) atoms. The van der Waals surface area contributed by atoms with E-state index in [9.17, 15) is 29.3 Å². The lowest BCUT2D eigenvalue weighted by atomic mass is 10.1. The Morgan fingerprint density at radius 3 is 2.41 bits per heavy atom. The van der Waals surface area contributed by atoms with Crippen LogP contribution >= 0.6 is 0 Å². The molecule has 4 amide bonds. The maximum absolute atomic E-state index is 13.0. The number of rotatable bonds is 6. The number of alkyl carbamates (subject to hydrolysis) is 1. The van der Waals surface area contributed by atoms with Gasteiger partial charge >= 0.3 is 6.09 Å². The standard InChI is InChI=1S/C21H28N6O7/c1-21(2,3)34-20(31)24-15-8-10-25-11-9-16(26(25)19(15)30)18(29)22-12-17(28)23-13-4-6-14(7-5-13)27(32)33/h4-7,15-16H,8-12H2,1-3H3,(H,22,29)(H,23,28)(H,24,31). The Morgan fingerprint density at radius 2 is 1.79 bits per heavy atom. The van der Waals surface area contributed by atoms with Gasteiger partial charge in [-0.1, -0.05) is 0 Å². The predicted molar refractivity (Wildman–Crippen MR) is 119 cm³/mol. The highest BCUT2D eigenvalue weighted by molar-refractivity contribution is 5.96. The van der Waals surface area contributed by atoms with E-state index >= 15 is 0 Å². The van der Waals surface area contributed by atoms with Gasteiger partial charge in [0, 0.05) is 30.9 Å². The van der Waals surface area contributed by atoms with E-state index in [2.05, 4.69) is 16.0 Å². The predicted octanol–water partition coefficient (Wildman–Crippen LogP) is 0.764. The summed E-state index contributed by atoms with van der Waals surface area (Å²) in [6, 6.07) is 3.66. The highest BCUT2D eigenvalue weighted by atomic mass is 16.6. The van der Waals surface area contributed by atoms with Crippen molar-refractivity contribution in [3.63, 3.8) is 0 Å². The van der Waals surface area contributed by atoms with Gasteiger partial charge in [0.2, 0.25) is 11.8 Å². The molecule has 3 rings (SSSR count). The lowest BCUT2D eigenvalue weighted by Gasteiger charge is -2.39. The summed E-state index contributed by atoms with van der Waals surface area (Å²) in [7, 11) is 0. The van der Waals surface area contributed by atoms with Crippen molar-refractivity contribution >= 4 is 35.2 Å². The Morgan fingerprint density at radius 1 is 1.15 bits per heavy atom. The highest BCUT2D eigenvalue weighted by Gasteiger charge is 2.45. The van der Waals surface area contributed by atoms with Crippen molar-refractivity contribution in [1.29, 1.82) is 0 Å². The fourth-order valence-corrected chi connectivity index (χ4v) is 3.75. The minimum Gasteiger partial charge on any atom is -0.444 e. The molecule has 0 bridgehead atoms. The second kappa shape index (κ2) is 10.0. The minimum absolute atomic E-state index is 0.109. The molecule has 2 unspecified atom stereocenters. The molecule has 2 aliphatic heterocycles. The fourth-order valence-electron chi connectivity index (χ4n) is 3.75. The largest absolute Gasteiger partial charge is 0.444 e. The summed E-state index contributed by atoms with van der Waals surface area (Å²) < 4.78 is 5.21. The first kappa shape index (κ1) is 24.9. The van der Waals surface area contributed by atoms with E-state index in [1.807, 2.05) is 0 Å². The summed E-state index contributed by atoms with van der Waals surface area (Å²) in [6.07, 6.45) is 0.0729. The number of hydrogen-bond acceptors (Lipinski definition) is 8. The van der Waals surface area contributed by atoms with Gasteiger partial charge in [0.1, 0.15) is 17.7 Å². The van der Waals surface area contributed by atoms with E-state index < -0.39 is 46.4 Å². The molecule has 0 radical (unpaired) electrons. The molecule has 184 valence electrons. The second-order valence-corrected chi connectivity index (χ2v) is 9.00. The van der Waals surface area contributed by atoms with Crippen LogP contribution in [-0.2, 0) is 19.1 Å². The third-order valence-corrected chi connectivity index (χ3v) is 5.24. The summed E-state index contributed by atoms with van der Waals surface area (Å²) in [5.41, 5.74) is -0.472. The van der Waals surface area contributed by atoms with Crippen LogP contribution in [0.4, 0.5) is 16.2 Å². The quantitative estimate of drug-likeness (QED) is 0.400. The number of hydrazine groups is 1. The molecular formula is C21H28N6O7. The molecule has 0 aromatic heterocycles. The van der Waals surface area contributed by atoms with Gasteiger partial charge in [-0.15, -0.1) is 0 Å². The molecule has 1 aromatic rings. The van der Waals surface area contributed by atoms with Gasteiger partial charge in [0.05, 0.1) is 11.5 Å². The Kier molecular flexibility index (Phi) is 7.35. The van der Waals surface area contributed by atoms with E-state index in [0.717, 1.165) is 0 Å². The maximum atomic E-state index is 13.0. The Balaban J connectivity index is 1.53. The number of nitrogens with one attached hydrogen (secondary N) is 3. The van der Waals surface area contributed by atoms with E-state index in [0.29, 0.717) is 31.6 Å². The van der Waals surface area contributed by atoms with Crippen LogP contribution in [0.25, 0.3) is 0 Å². The summed E-state index contributed by atoms with van der Waals surface area (Å²) in [5, 5.41) is 21.4. The molecule has 3 N–H and O–H groups in total. The van der Waals surface area contributed by atoms with Gasteiger partial charge in [-0.25, -0.2) is 9.80 Å². The smallest absolute Gasteiger partial charge is 0.408 e. The molecule has 2 atom stereocenters. The fraction of sp³-hybridized carbons (Fsp3) is 0.524. The Labute approximate surface area is 195 Å². The van der Waals surface area contributed by atoms with Crippen LogP contribution in [0, 0.1) is 10.1 Å². The normalized spacial score (nSPS) is 20.3. The van der Waals surface area contributed by atoms with Crippen LogP contribution in [0.3, 0.4) is 0 Å². The van der Waals surface area contributed by atoms with Crippen molar-refractivity contribution in [2.75, 3.05) is 25.0 Å². The van der Waals surface area contributed by atoms with Crippen LogP contribution in [0.2, 0.25) is 0 Å². The Hall–Kier alpha value is -3.74. The van der Waals surface area contributed by atoms with Crippen LogP contribution in [0.5, 0.6) is 0 Å². The van der Waals surface area contributed by atoms with Gasteiger partial charge in [-0.2, -0.15) is 0 Å². The summed E-state index contributed by atoms with van der Waals surface area (Å²) in [4.78, 5) is 60.1. The molecule has 0 saturated carbocycles. The zero-order chi connectivity index (χ0) is 25.0.